The first-order valence-electron chi connectivity index (χ1n) is 7.61. The number of pyridine rings is 1. The Hall–Kier alpha value is -0.970. The molecule has 0 aromatic carbocycles. The van der Waals surface area contributed by atoms with Crippen molar-refractivity contribution in [2.45, 2.75) is 43.8 Å². The van der Waals surface area contributed by atoms with Gasteiger partial charge in [-0.15, -0.1) is 0 Å². The van der Waals surface area contributed by atoms with Crippen molar-refractivity contribution >= 4 is 0 Å². The van der Waals surface area contributed by atoms with Gasteiger partial charge in [-0.1, -0.05) is 6.07 Å². The number of hydrogen-bond acceptors (Lipinski definition) is 4. The van der Waals surface area contributed by atoms with Gasteiger partial charge in [-0.25, -0.2) is 0 Å². The summed E-state index contributed by atoms with van der Waals surface area (Å²) in [6.07, 6.45) is 6.82. The topological polar surface area (TPSA) is 45.6 Å². The summed E-state index contributed by atoms with van der Waals surface area (Å²) in [5.41, 5.74) is 1.37. The summed E-state index contributed by atoms with van der Waals surface area (Å²) in [5.74, 6) is 0.493. The van der Waals surface area contributed by atoms with Gasteiger partial charge in [0.15, 0.2) is 0 Å². The monoisotopic (exact) mass is 276 g/mol. The number of β-amino-alcohol motifs (C(OH)–C–C–N with tert-alkyl or cyclic N) is 1. The van der Waals surface area contributed by atoms with Crippen LogP contribution in [0.4, 0.5) is 0 Å². The Morgan fingerprint density at radius 2 is 2.30 bits per heavy atom. The summed E-state index contributed by atoms with van der Waals surface area (Å²) in [6.45, 7) is 5.52. The van der Waals surface area contributed by atoms with E-state index in [1.807, 2.05) is 25.4 Å². The summed E-state index contributed by atoms with van der Waals surface area (Å²) in [7, 11) is 0. The molecule has 0 bridgehead atoms. The van der Waals surface area contributed by atoms with E-state index in [0.717, 1.165) is 45.5 Å². The second-order valence-electron chi connectivity index (χ2n) is 6.33. The van der Waals surface area contributed by atoms with Gasteiger partial charge in [0.25, 0.3) is 0 Å². The molecule has 2 fully saturated rings. The number of ether oxygens (including phenoxy) is 1. The van der Waals surface area contributed by atoms with Crippen molar-refractivity contribution in [3.63, 3.8) is 0 Å². The van der Waals surface area contributed by atoms with E-state index in [2.05, 4.69) is 16.0 Å². The fourth-order valence-electron chi connectivity index (χ4n) is 3.54. The van der Waals surface area contributed by atoms with Crippen molar-refractivity contribution < 1.29 is 9.84 Å². The van der Waals surface area contributed by atoms with E-state index in [0.29, 0.717) is 5.92 Å². The molecule has 0 aliphatic carbocycles. The van der Waals surface area contributed by atoms with Crippen molar-refractivity contribution in [3.05, 3.63) is 30.1 Å². The van der Waals surface area contributed by atoms with E-state index in [1.165, 1.54) is 5.56 Å². The number of nitrogens with zero attached hydrogens (tertiary/aromatic N) is 2. The maximum atomic E-state index is 9.47. The zero-order valence-corrected chi connectivity index (χ0v) is 12.2. The summed E-state index contributed by atoms with van der Waals surface area (Å²) < 4.78 is 6.18. The molecule has 1 N–H and O–H groups in total. The van der Waals surface area contributed by atoms with Crippen LogP contribution in [-0.4, -0.2) is 52.9 Å². The molecule has 2 atom stereocenters. The first-order chi connectivity index (χ1) is 9.67. The van der Waals surface area contributed by atoms with Gasteiger partial charge in [0, 0.05) is 37.9 Å². The van der Waals surface area contributed by atoms with E-state index in [-0.39, 0.29) is 11.7 Å². The van der Waals surface area contributed by atoms with Gasteiger partial charge in [-0.2, -0.15) is 0 Å². The Labute approximate surface area is 120 Å². The Balaban J connectivity index is 1.58. The van der Waals surface area contributed by atoms with Crippen LogP contribution in [-0.2, 0) is 4.74 Å². The molecular formula is C16H24N2O2. The van der Waals surface area contributed by atoms with E-state index >= 15 is 0 Å². The Kier molecular flexibility index (Phi) is 4.06. The van der Waals surface area contributed by atoms with Crippen LogP contribution >= 0.6 is 0 Å². The minimum Gasteiger partial charge on any atom is -0.392 e. The molecule has 1 aromatic heterocycles. The fourth-order valence-corrected chi connectivity index (χ4v) is 3.54. The smallest absolute Gasteiger partial charge is 0.0713 e. The minimum absolute atomic E-state index is 0.0652. The van der Waals surface area contributed by atoms with Crippen molar-refractivity contribution in [2.75, 3.05) is 26.2 Å². The van der Waals surface area contributed by atoms with E-state index < -0.39 is 0 Å². The molecule has 4 heteroatoms. The van der Waals surface area contributed by atoms with Crippen molar-refractivity contribution in [1.29, 1.82) is 0 Å². The second kappa shape index (κ2) is 5.80. The van der Waals surface area contributed by atoms with Crippen LogP contribution in [0, 0.1) is 0 Å². The van der Waals surface area contributed by atoms with Gasteiger partial charge in [0.1, 0.15) is 0 Å². The van der Waals surface area contributed by atoms with Crippen LogP contribution in [0.2, 0.25) is 0 Å². The van der Waals surface area contributed by atoms with E-state index in [9.17, 15) is 5.11 Å². The summed E-state index contributed by atoms with van der Waals surface area (Å²) in [6, 6.07) is 4.16. The Morgan fingerprint density at radius 3 is 2.95 bits per heavy atom. The molecule has 1 aromatic rings. The lowest BCUT2D eigenvalue weighted by Gasteiger charge is -2.39. The quantitative estimate of drug-likeness (QED) is 0.914. The standard InChI is InChI=1S/C16H24N2O2/c1-13(19)11-18-7-4-16(5-8-18)9-15(12-20-16)14-3-2-6-17-10-14/h2-3,6,10,13,15,19H,4-5,7-9,11-12H2,1H3/t13-,15-/m1/s1. The normalized spacial score (nSPS) is 27.8. The predicted molar refractivity (Wildman–Crippen MR) is 77.6 cm³/mol. The molecule has 2 aliphatic heterocycles. The molecule has 3 heterocycles. The van der Waals surface area contributed by atoms with Gasteiger partial charge in [-0.3, -0.25) is 4.98 Å². The molecule has 1 spiro atoms. The molecule has 2 aliphatic rings. The molecule has 0 unspecified atom stereocenters. The molecule has 2 saturated heterocycles. The third-order valence-corrected chi connectivity index (χ3v) is 4.65. The lowest BCUT2D eigenvalue weighted by Crippen LogP contribution is -2.46. The SMILES string of the molecule is C[C@@H](O)CN1CCC2(CC1)C[C@@H](c1cccnc1)CO2. The number of piperidine rings is 1. The average Bonchev–Trinajstić information content (AvgIpc) is 2.87. The summed E-state index contributed by atoms with van der Waals surface area (Å²) in [5, 5.41) is 9.47. The Morgan fingerprint density at radius 1 is 1.50 bits per heavy atom. The van der Waals surface area contributed by atoms with Gasteiger partial charge < -0.3 is 14.7 Å². The maximum Gasteiger partial charge on any atom is 0.0713 e. The number of rotatable bonds is 3. The first-order valence-corrected chi connectivity index (χ1v) is 7.61. The molecule has 110 valence electrons. The molecular weight excluding hydrogens is 252 g/mol. The van der Waals surface area contributed by atoms with Crippen LogP contribution in [0.3, 0.4) is 0 Å². The number of hydrogen-bond donors (Lipinski definition) is 1. The zero-order valence-electron chi connectivity index (χ0n) is 12.2. The largest absolute Gasteiger partial charge is 0.392 e. The number of aliphatic hydroxyl groups is 1. The van der Waals surface area contributed by atoms with Crippen LogP contribution in [0.15, 0.2) is 24.5 Å². The second-order valence-corrected chi connectivity index (χ2v) is 6.33. The number of aromatic nitrogens is 1. The van der Waals surface area contributed by atoms with Gasteiger partial charge in [0.05, 0.1) is 18.3 Å². The highest BCUT2D eigenvalue weighted by Crippen LogP contribution is 2.42. The third kappa shape index (κ3) is 3.03. The summed E-state index contributed by atoms with van der Waals surface area (Å²) >= 11 is 0. The molecule has 20 heavy (non-hydrogen) atoms. The van der Waals surface area contributed by atoms with E-state index in [1.54, 1.807) is 0 Å². The third-order valence-electron chi connectivity index (χ3n) is 4.65. The van der Waals surface area contributed by atoms with Gasteiger partial charge in [0.2, 0.25) is 0 Å². The minimum atomic E-state index is -0.239. The zero-order chi connectivity index (χ0) is 14.0. The van der Waals surface area contributed by atoms with Crippen LogP contribution in [0.25, 0.3) is 0 Å². The van der Waals surface area contributed by atoms with Gasteiger partial charge in [-0.05, 0) is 37.8 Å². The highest BCUT2D eigenvalue weighted by molar-refractivity contribution is 5.18. The van der Waals surface area contributed by atoms with Gasteiger partial charge >= 0.3 is 0 Å². The molecule has 4 nitrogen and oxygen atoms in total. The molecule has 3 rings (SSSR count). The van der Waals surface area contributed by atoms with Crippen molar-refractivity contribution in [1.82, 2.24) is 9.88 Å². The van der Waals surface area contributed by atoms with Crippen molar-refractivity contribution in [3.8, 4) is 0 Å². The number of likely N-dealkylation sites (tertiary alicyclic amines) is 1. The first kappa shape index (κ1) is 14.0. The summed E-state index contributed by atoms with van der Waals surface area (Å²) in [4.78, 5) is 6.56. The fraction of sp³-hybridized carbons (Fsp3) is 0.688. The predicted octanol–water partition coefficient (Wildman–Crippen LogP) is 1.80. The number of aliphatic hydroxyl groups excluding tert-OH is 1. The van der Waals surface area contributed by atoms with Crippen LogP contribution in [0.5, 0.6) is 0 Å². The lowest BCUT2D eigenvalue weighted by molar-refractivity contribution is -0.0485. The highest BCUT2D eigenvalue weighted by Gasteiger charge is 2.43. The lowest BCUT2D eigenvalue weighted by atomic mass is 9.83. The van der Waals surface area contributed by atoms with E-state index in [4.69, 9.17) is 4.74 Å². The average molecular weight is 276 g/mol. The molecule has 0 amide bonds. The van der Waals surface area contributed by atoms with Crippen LogP contribution < -0.4 is 0 Å². The highest BCUT2D eigenvalue weighted by atomic mass is 16.5. The van der Waals surface area contributed by atoms with Crippen LogP contribution in [0.1, 0.15) is 37.7 Å². The van der Waals surface area contributed by atoms with Crippen molar-refractivity contribution in [2.24, 2.45) is 0 Å². The molecule has 0 radical (unpaired) electrons. The Bertz CT molecular complexity index is 427. The maximum absolute atomic E-state index is 9.47. The molecule has 0 saturated carbocycles.